The van der Waals surface area contributed by atoms with E-state index in [0.29, 0.717) is 22.7 Å². The lowest BCUT2D eigenvalue weighted by Crippen LogP contribution is -2.17. The van der Waals surface area contributed by atoms with Crippen LogP contribution in [0.3, 0.4) is 0 Å². The van der Waals surface area contributed by atoms with Crippen LogP contribution in [0.4, 0.5) is 5.69 Å². The monoisotopic (exact) mass is 359 g/mol. The van der Waals surface area contributed by atoms with Crippen molar-refractivity contribution in [1.29, 1.82) is 0 Å². The molecule has 0 amide bonds. The van der Waals surface area contributed by atoms with Gasteiger partial charge in [-0.15, -0.1) is 11.3 Å². The molecule has 25 heavy (non-hydrogen) atoms. The van der Waals surface area contributed by atoms with Crippen molar-refractivity contribution in [2.75, 3.05) is 19.5 Å². The first-order valence-corrected chi connectivity index (χ1v) is 8.74. The van der Waals surface area contributed by atoms with E-state index in [9.17, 15) is 4.79 Å². The standard InChI is InChI=1S/C18H21N3O3S/c1-9-11(3)25-18-15(9)17(22)20-16(21-18)10(2)19-12-6-7-13(23-4)14(8-12)24-5/h6-8,10,19H,1-5H3,(H,20,21,22). The van der Waals surface area contributed by atoms with Gasteiger partial charge in [-0.1, -0.05) is 0 Å². The molecule has 2 N–H and O–H groups in total. The molecule has 1 atom stereocenters. The van der Waals surface area contributed by atoms with E-state index in [2.05, 4.69) is 15.3 Å². The van der Waals surface area contributed by atoms with Crippen LogP contribution in [0.25, 0.3) is 10.2 Å². The molecule has 0 saturated carbocycles. The van der Waals surface area contributed by atoms with Crippen molar-refractivity contribution in [2.45, 2.75) is 26.8 Å². The summed E-state index contributed by atoms with van der Waals surface area (Å²) in [5.41, 5.74) is 1.76. The normalized spacial score (nSPS) is 12.2. The molecular weight excluding hydrogens is 338 g/mol. The largest absolute Gasteiger partial charge is 0.493 e. The summed E-state index contributed by atoms with van der Waals surface area (Å²) in [5.74, 6) is 1.91. The first-order chi connectivity index (χ1) is 11.9. The number of hydrogen-bond acceptors (Lipinski definition) is 6. The molecule has 132 valence electrons. The van der Waals surface area contributed by atoms with Crippen molar-refractivity contribution < 1.29 is 9.47 Å². The first-order valence-electron chi connectivity index (χ1n) is 7.93. The van der Waals surface area contributed by atoms with Gasteiger partial charge < -0.3 is 19.8 Å². The van der Waals surface area contributed by atoms with Gasteiger partial charge in [0.05, 0.1) is 25.6 Å². The van der Waals surface area contributed by atoms with Gasteiger partial charge in [0.25, 0.3) is 5.56 Å². The Labute approximate surface area is 149 Å². The highest BCUT2D eigenvalue weighted by molar-refractivity contribution is 7.18. The number of nitrogens with zero attached hydrogens (tertiary/aromatic N) is 1. The molecule has 0 spiro atoms. The van der Waals surface area contributed by atoms with Crippen LogP contribution in [-0.2, 0) is 0 Å². The molecule has 0 aliphatic carbocycles. The van der Waals surface area contributed by atoms with Gasteiger partial charge in [0.15, 0.2) is 11.5 Å². The SMILES string of the molecule is COc1ccc(NC(C)c2nc3sc(C)c(C)c3c(=O)[nH]2)cc1OC. The van der Waals surface area contributed by atoms with E-state index in [-0.39, 0.29) is 11.6 Å². The molecule has 0 aliphatic rings. The topological polar surface area (TPSA) is 76.2 Å². The lowest BCUT2D eigenvalue weighted by Gasteiger charge is -2.16. The molecule has 3 aromatic rings. The number of H-pyrrole nitrogens is 1. The van der Waals surface area contributed by atoms with Crippen LogP contribution in [0.2, 0.25) is 0 Å². The zero-order valence-corrected chi connectivity index (χ0v) is 15.7. The smallest absolute Gasteiger partial charge is 0.259 e. The van der Waals surface area contributed by atoms with Crippen molar-refractivity contribution in [3.05, 3.63) is 44.8 Å². The number of aromatic amines is 1. The molecular formula is C18H21N3O3S. The summed E-state index contributed by atoms with van der Waals surface area (Å²) in [4.78, 5) is 21.8. The molecule has 2 aromatic heterocycles. The van der Waals surface area contributed by atoms with Gasteiger partial charge in [-0.25, -0.2) is 4.98 Å². The fourth-order valence-corrected chi connectivity index (χ4v) is 3.76. The highest BCUT2D eigenvalue weighted by Crippen LogP contribution is 2.31. The number of fused-ring (bicyclic) bond motifs is 1. The third kappa shape index (κ3) is 3.19. The number of aryl methyl sites for hydroxylation is 2. The summed E-state index contributed by atoms with van der Waals surface area (Å²) in [6.07, 6.45) is 0. The molecule has 0 bridgehead atoms. The minimum atomic E-state index is -0.169. The molecule has 1 aromatic carbocycles. The third-order valence-electron chi connectivity index (χ3n) is 4.23. The van der Waals surface area contributed by atoms with E-state index in [0.717, 1.165) is 21.0 Å². The summed E-state index contributed by atoms with van der Waals surface area (Å²) < 4.78 is 10.6. The lowest BCUT2D eigenvalue weighted by atomic mass is 10.2. The molecule has 6 nitrogen and oxygen atoms in total. The number of rotatable bonds is 5. The van der Waals surface area contributed by atoms with Crippen molar-refractivity contribution in [1.82, 2.24) is 9.97 Å². The van der Waals surface area contributed by atoms with Gasteiger partial charge in [0.1, 0.15) is 10.7 Å². The number of aromatic nitrogens is 2. The molecule has 0 saturated heterocycles. The summed E-state index contributed by atoms with van der Waals surface area (Å²) in [5, 5.41) is 4.02. The van der Waals surface area contributed by atoms with Crippen molar-refractivity contribution in [2.24, 2.45) is 0 Å². The fourth-order valence-electron chi connectivity index (χ4n) is 2.72. The van der Waals surface area contributed by atoms with E-state index >= 15 is 0 Å². The van der Waals surface area contributed by atoms with Crippen LogP contribution < -0.4 is 20.3 Å². The van der Waals surface area contributed by atoms with Crippen LogP contribution in [-0.4, -0.2) is 24.2 Å². The number of thiophene rings is 1. The second kappa shape index (κ2) is 6.76. The molecule has 0 fully saturated rings. The van der Waals surface area contributed by atoms with Crippen LogP contribution >= 0.6 is 11.3 Å². The maximum atomic E-state index is 12.4. The van der Waals surface area contributed by atoms with Gasteiger partial charge >= 0.3 is 0 Å². The molecule has 7 heteroatoms. The van der Waals surface area contributed by atoms with Crippen molar-refractivity contribution in [3.8, 4) is 11.5 Å². The number of nitrogens with one attached hydrogen (secondary N) is 2. The fraction of sp³-hybridized carbons (Fsp3) is 0.333. The maximum absolute atomic E-state index is 12.4. The summed E-state index contributed by atoms with van der Waals surface area (Å²) in [6, 6.07) is 5.41. The van der Waals surface area contributed by atoms with E-state index in [1.54, 1.807) is 25.6 Å². The van der Waals surface area contributed by atoms with Crippen molar-refractivity contribution in [3.63, 3.8) is 0 Å². The Morgan fingerprint density at radius 2 is 1.92 bits per heavy atom. The third-order valence-corrected chi connectivity index (χ3v) is 5.34. The van der Waals surface area contributed by atoms with Crippen LogP contribution in [0.5, 0.6) is 11.5 Å². The van der Waals surface area contributed by atoms with E-state index in [1.807, 2.05) is 39.0 Å². The molecule has 0 aliphatic heterocycles. The Morgan fingerprint density at radius 3 is 2.60 bits per heavy atom. The number of benzene rings is 1. The molecule has 2 heterocycles. The van der Waals surface area contributed by atoms with Crippen LogP contribution in [0.1, 0.15) is 29.2 Å². The Bertz CT molecular complexity index is 978. The Kier molecular flexibility index (Phi) is 4.67. The Morgan fingerprint density at radius 1 is 1.20 bits per heavy atom. The second-order valence-corrected chi connectivity index (χ2v) is 7.05. The van der Waals surface area contributed by atoms with Gasteiger partial charge in [0, 0.05) is 16.6 Å². The number of anilines is 1. The van der Waals surface area contributed by atoms with E-state index in [1.165, 1.54) is 0 Å². The van der Waals surface area contributed by atoms with Gasteiger partial charge in [-0.2, -0.15) is 0 Å². The zero-order chi connectivity index (χ0) is 18.1. The Hall–Kier alpha value is -2.54. The summed E-state index contributed by atoms with van der Waals surface area (Å²) in [7, 11) is 3.20. The Balaban J connectivity index is 1.92. The number of methoxy groups -OCH3 is 2. The predicted octanol–water partition coefficient (Wildman–Crippen LogP) is 3.79. The number of ether oxygens (including phenoxy) is 2. The average Bonchev–Trinajstić information content (AvgIpc) is 2.89. The zero-order valence-electron chi connectivity index (χ0n) is 14.9. The predicted molar refractivity (Wildman–Crippen MR) is 101 cm³/mol. The van der Waals surface area contributed by atoms with Crippen molar-refractivity contribution >= 4 is 27.2 Å². The second-order valence-electron chi connectivity index (χ2n) is 5.85. The van der Waals surface area contributed by atoms with E-state index < -0.39 is 0 Å². The number of hydrogen-bond donors (Lipinski definition) is 2. The maximum Gasteiger partial charge on any atom is 0.259 e. The summed E-state index contributed by atoms with van der Waals surface area (Å²) >= 11 is 1.55. The lowest BCUT2D eigenvalue weighted by molar-refractivity contribution is 0.355. The minimum Gasteiger partial charge on any atom is -0.493 e. The van der Waals surface area contributed by atoms with Crippen LogP contribution in [0.15, 0.2) is 23.0 Å². The average molecular weight is 359 g/mol. The van der Waals surface area contributed by atoms with Gasteiger partial charge in [-0.05, 0) is 38.5 Å². The summed E-state index contributed by atoms with van der Waals surface area (Å²) in [6.45, 7) is 5.91. The highest BCUT2D eigenvalue weighted by Gasteiger charge is 2.15. The molecule has 3 rings (SSSR count). The quantitative estimate of drug-likeness (QED) is 0.725. The van der Waals surface area contributed by atoms with E-state index in [4.69, 9.17) is 9.47 Å². The highest BCUT2D eigenvalue weighted by atomic mass is 32.1. The minimum absolute atomic E-state index is 0.0946. The molecule has 1 unspecified atom stereocenters. The van der Waals surface area contributed by atoms with Crippen LogP contribution in [0, 0.1) is 13.8 Å². The van der Waals surface area contributed by atoms with Gasteiger partial charge in [-0.3, -0.25) is 4.79 Å². The molecule has 0 radical (unpaired) electrons. The van der Waals surface area contributed by atoms with Gasteiger partial charge in [0.2, 0.25) is 0 Å². The first kappa shape index (κ1) is 17.3.